The Labute approximate surface area is 109 Å². The summed E-state index contributed by atoms with van der Waals surface area (Å²) in [5.41, 5.74) is 1.12. The molecule has 1 aromatic heterocycles. The number of rotatable bonds is 2. The molecule has 1 aromatic rings. The summed E-state index contributed by atoms with van der Waals surface area (Å²) in [5.74, 6) is 0. The second kappa shape index (κ2) is 6.38. The predicted octanol–water partition coefficient (Wildman–Crippen LogP) is 2.51. The molecule has 0 radical (unpaired) electrons. The van der Waals surface area contributed by atoms with E-state index in [-0.39, 0.29) is 6.03 Å². The average molecular weight is 247 g/mol. The molecule has 1 fully saturated rings. The molecule has 1 saturated heterocycles. The number of hydrogen-bond acceptors (Lipinski definition) is 2. The molecule has 1 aliphatic rings. The van der Waals surface area contributed by atoms with Gasteiger partial charge in [-0.05, 0) is 30.5 Å². The number of pyridine rings is 1. The summed E-state index contributed by atoms with van der Waals surface area (Å²) in [6, 6.07) is 4.05. The van der Waals surface area contributed by atoms with Crippen LogP contribution >= 0.6 is 0 Å². The minimum atomic E-state index is 0.147. The van der Waals surface area contributed by atoms with Gasteiger partial charge in [-0.1, -0.05) is 12.8 Å². The molecule has 0 unspecified atom stereocenters. The molecule has 4 nitrogen and oxygen atoms in total. The third kappa shape index (κ3) is 3.45. The average Bonchev–Trinajstić information content (AvgIpc) is 2.68. The van der Waals surface area contributed by atoms with E-state index in [0.717, 1.165) is 31.5 Å². The third-order valence-electron chi connectivity index (χ3n) is 3.37. The largest absolute Gasteiger partial charge is 0.325 e. The van der Waals surface area contributed by atoms with Crippen LogP contribution in [0.2, 0.25) is 0 Å². The molecule has 0 aliphatic carbocycles. The summed E-state index contributed by atoms with van der Waals surface area (Å²) < 4.78 is 0. The lowest BCUT2D eigenvalue weighted by molar-refractivity contribution is 0.162. The van der Waals surface area contributed by atoms with Crippen molar-refractivity contribution >= 4 is 6.03 Å². The van der Waals surface area contributed by atoms with E-state index in [0.29, 0.717) is 6.54 Å². The van der Waals surface area contributed by atoms with Crippen molar-refractivity contribution in [2.45, 2.75) is 32.2 Å². The molecule has 0 atom stereocenters. The van der Waals surface area contributed by atoms with Crippen LogP contribution in [0.3, 0.4) is 0 Å². The van der Waals surface area contributed by atoms with Crippen LogP contribution in [0.4, 0.5) is 4.79 Å². The Bertz CT molecular complexity index is 372. The molecule has 4 heteroatoms. The number of hydrogen-bond donors (Lipinski definition) is 0. The zero-order chi connectivity index (χ0) is 12.8. The summed E-state index contributed by atoms with van der Waals surface area (Å²) >= 11 is 0. The van der Waals surface area contributed by atoms with Gasteiger partial charge in [-0.25, -0.2) is 4.79 Å². The summed E-state index contributed by atoms with van der Waals surface area (Å²) in [6.45, 7) is 2.46. The van der Waals surface area contributed by atoms with Crippen molar-refractivity contribution in [1.29, 1.82) is 0 Å². The minimum absolute atomic E-state index is 0.147. The summed E-state index contributed by atoms with van der Waals surface area (Å²) in [7, 11) is 1.87. The molecule has 2 rings (SSSR count). The highest BCUT2D eigenvalue weighted by Gasteiger charge is 2.18. The molecule has 0 spiro atoms. The normalized spacial score (nSPS) is 16.2. The Morgan fingerprint density at radius 1 is 1.22 bits per heavy atom. The maximum atomic E-state index is 12.3. The Morgan fingerprint density at radius 2 is 1.83 bits per heavy atom. The van der Waals surface area contributed by atoms with Gasteiger partial charge >= 0.3 is 6.03 Å². The van der Waals surface area contributed by atoms with Crippen LogP contribution < -0.4 is 0 Å². The van der Waals surface area contributed by atoms with Crippen LogP contribution in [0.1, 0.15) is 31.2 Å². The minimum Gasteiger partial charge on any atom is -0.325 e. The Hall–Kier alpha value is -1.58. The van der Waals surface area contributed by atoms with Crippen molar-refractivity contribution in [2.24, 2.45) is 0 Å². The van der Waals surface area contributed by atoms with Crippen LogP contribution in [-0.2, 0) is 6.54 Å². The van der Waals surface area contributed by atoms with Gasteiger partial charge in [0.15, 0.2) is 0 Å². The molecule has 2 amide bonds. The SMILES string of the molecule is CN(Cc1ccncc1)C(=O)N1CCCCCC1. The van der Waals surface area contributed by atoms with E-state index < -0.39 is 0 Å². The molecule has 1 aliphatic heterocycles. The first-order valence-corrected chi connectivity index (χ1v) is 6.66. The van der Waals surface area contributed by atoms with Gasteiger partial charge in [-0.2, -0.15) is 0 Å². The van der Waals surface area contributed by atoms with Crippen molar-refractivity contribution in [2.75, 3.05) is 20.1 Å². The van der Waals surface area contributed by atoms with E-state index in [9.17, 15) is 4.79 Å². The second-order valence-corrected chi connectivity index (χ2v) is 4.90. The Kier molecular flexibility index (Phi) is 4.56. The lowest BCUT2D eigenvalue weighted by Crippen LogP contribution is -2.41. The van der Waals surface area contributed by atoms with Gasteiger partial charge in [0, 0.05) is 39.1 Å². The van der Waals surface area contributed by atoms with Crippen molar-refractivity contribution in [3.8, 4) is 0 Å². The Morgan fingerprint density at radius 3 is 2.44 bits per heavy atom. The van der Waals surface area contributed by atoms with Crippen LogP contribution in [0, 0.1) is 0 Å². The number of urea groups is 1. The molecular formula is C14H21N3O. The molecule has 0 aromatic carbocycles. The number of nitrogens with zero attached hydrogens (tertiary/aromatic N) is 3. The fourth-order valence-corrected chi connectivity index (χ4v) is 2.33. The van der Waals surface area contributed by atoms with E-state index in [1.807, 2.05) is 24.1 Å². The molecule has 0 bridgehead atoms. The number of likely N-dealkylation sites (tertiary alicyclic amines) is 1. The fraction of sp³-hybridized carbons (Fsp3) is 0.571. The van der Waals surface area contributed by atoms with Crippen LogP contribution in [0.25, 0.3) is 0 Å². The predicted molar refractivity (Wildman–Crippen MR) is 71.1 cm³/mol. The van der Waals surface area contributed by atoms with E-state index in [1.54, 1.807) is 17.3 Å². The van der Waals surface area contributed by atoms with Crippen molar-refractivity contribution in [1.82, 2.24) is 14.8 Å². The lowest BCUT2D eigenvalue weighted by atomic mass is 10.2. The highest BCUT2D eigenvalue weighted by Crippen LogP contribution is 2.12. The summed E-state index contributed by atoms with van der Waals surface area (Å²) in [4.78, 5) is 20.1. The number of amides is 2. The van der Waals surface area contributed by atoms with Gasteiger partial charge in [-0.15, -0.1) is 0 Å². The van der Waals surface area contributed by atoms with Gasteiger partial charge in [-0.3, -0.25) is 4.98 Å². The summed E-state index contributed by atoms with van der Waals surface area (Å²) in [6.07, 6.45) is 8.29. The van der Waals surface area contributed by atoms with Crippen molar-refractivity contribution in [3.63, 3.8) is 0 Å². The van der Waals surface area contributed by atoms with Crippen molar-refractivity contribution in [3.05, 3.63) is 30.1 Å². The maximum absolute atomic E-state index is 12.3. The first kappa shape index (κ1) is 12.9. The Balaban J connectivity index is 1.91. The van der Waals surface area contributed by atoms with Gasteiger partial charge in [0.05, 0.1) is 0 Å². The van der Waals surface area contributed by atoms with E-state index >= 15 is 0 Å². The number of aromatic nitrogens is 1. The van der Waals surface area contributed by atoms with Crippen molar-refractivity contribution < 1.29 is 4.79 Å². The highest BCUT2D eigenvalue weighted by molar-refractivity contribution is 5.74. The topological polar surface area (TPSA) is 36.4 Å². The third-order valence-corrected chi connectivity index (χ3v) is 3.37. The molecule has 0 N–H and O–H groups in total. The van der Waals surface area contributed by atoms with Gasteiger partial charge in [0.2, 0.25) is 0 Å². The fourth-order valence-electron chi connectivity index (χ4n) is 2.33. The van der Waals surface area contributed by atoms with Crippen LogP contribution in [0.5, 0.6) is 0 Å². The zero-order valence-electron chi connectivity index (χ0n) is 11.0. The molecule has 0 saturated carbocycles. The highest BCUT2D eigenvalue weighted by atomic mass is 16.2. The maximum Gasteiger partial charge on any atom is 0.320 e. The second-order valence-electron chi connectivity index (χ2n) is 4.90. The quantitative estimate of drug-likeness (QED) is 0.805. The lowest BCUT2D eigenvalue weighted by Gasteiger charge is -2.27. The van der Waals surface area contributed by atoms with E-state index in [2.05, 4.69) is 4.98 Å². The molecule has 18 heavy (non-hydrogen) atoms. The zero-order valence-corrected chi connectivity index (χ0v) is 11.0. The standard InChI is InChI=1S/C14H21N3O/c1-16(12-13-6-8-15-9-7-13)14(18)17-10-4-2-3-5-11-17/h6-9H,2-5,10-12H2,1H3. The molecular weight excluding hydrogens is 226 g/mol. The van der Waals surface area contributed by atoms with Crippen LogP contribution in [0.15, 0.2) is 24.5 Å². The van der Waals surface area contributed by atoms with Gasteiger partial charge in [0.25, 0.3) is 0 Å². The van der Waals surface area contributed by atoms with E-state index in [4.69, 9.17) is 0 Å². The smallest absolute Gasteiger partial charge is 0.320 e. The van der Waals surface area contributed by atoms with E-state index in [1.165, 1.54) is 12.8 Å². The number of carbonyl (C=O) groups is 1. The first-order chi connectivity index (χ1) is 8.77. The first-order valence-electron chi connectivity index (χ1n) is 6.66. The molecule has 98 valence electrons. The number of carbonyl (C=O) groups excluding carboxylic acids is 1. The van der Waals surface area contributed by atoms with Crippen LogP contribution in [-0.4, -0.2) is 41.0 Å². The van der Waals surface area contributed by atoms with Gasteiger partial charge in [0.1, 0.15) is 0 Å². The summed E-state index contributed by atoms with van der Waals surface area (Å²) in [5, 5.41) is 0. The van der Waals surface area contributed by atoms with Gasteiger partial charge < -0.3 is 9.80 Å². The monoisotopic (exact) mass is 247 g/mol. The molecule has 2 heterocycles.